The van der Waals surface area contributed by atoms with E-state index in [0.29, 0.717) is 6.54 Å². The third kappa shape index (κ3) is 4.31. The highest BCUT2D eigenvalue weighted by Crippen LogP contribution is 2.12. The summed E-state index contributed by atoms with van der Waals surface area (Å²) < 4.78 is 29.4. The van der Waals surface area contributed by atoms with Crippen LogP contribution in [0.25, 0.3) is 0 Å². The summed E-state index contributed by atoms with van der Waals surface area (Å²) in [6.07, 6.45) is 2.01. The molecule has 110 valence electrons. The van der Waals surface area contributed by atoms with E-state index in [9.17, 15) is 13.2 Å². The number of nitrogens with one attached hydrogen (secondary N) is 1. The van der Waals surface area contributed by atoms with Crippen LogP contribution in [-0.2, 0) is 19.4 Å². The maximum Gasteiger partial charge on any atom is 0.221 e. The summed E-state index contributed by atoms with van der Waals surface area (Å²) in [6, 6.07) is 8.18. The Bertz CT molecular complexity index is 536. The minimum absolute atomic E-state index is 0.0239. The van der Waals surface area contributed by atoms with E-state index < -0.39 is 9.84 Å². The van der Waals surface area contributed by atoms with Crippen LogP contribution < -0.4 is 5.32 Å². The van der Waals surface area contributed by atoms with Gasteiger partial charge in [-0.1, -0.05) is 18.2 Å². The van der Waals surface area contributed by atoms with Crippen molar-refractivity contribution in [2.24, 2.45) is 0 Å². The van der Waals surface area contributed by atoms with Crippen molar-refractivity contribution >= 4 is 15.7 Å². The van der Waals surface area contributed by atoms with Crippen molar-refractivity contribution in [2.75, 3.05) is 18.9 Å². The molecule has 0 aliphatic carbocycles. The Hall–Kier alpha value is -1.40. The third-order valence-electron chi connectivity index (χ3n) is 3.25. The van der Waals surface area contributed by atoms with E-state index >= 15 is 0 Å². The van der Waals surface area contributed by atoms with Gasteiger partial charge in [-0.25, -0.2) is 8.42 Å². The zero-order valence-corrected chi connectivity index (χ0v) is 12.1. The quantitative estimate of drug-likeness (QED) is 0.855. The summed E-state index contributed by atoms with van der Waals surface area (Å²) in [4.78, 5) is 11.9. The molecule has 0 radical (unpaired) electrons. The smallest absolute Gasteiger partial charge is 0.221 e. The van der Waals surface area contributed by atoms with Gasteiger partial charge in [0.05, 0.1) is 16.8 Å². The molecule has 0 bridgehead atoms. The molecule has 6 heteroatoms. The van der Waals surface area contributed by atoms with E-state index in [0.717, 1.165) is 19.4 Å². The van der Waals surface area contributed by atoms with Gasteiger partial charge in [0.25, 0.3) is 0 Å². The molecule has 1 aromatic carbocycles. The molecule has 0 saturated carbocycles. The second kappa shape index (κ2) is 6.85. The molecule has 0 unspecified atom stereocenters. The summed E-state index contributed by atoms with van der Waals surface area (Å²) in [7, 11) is -3.38. The lowest BCUT2D eigenvalue weighted by Gasteiger charge is -2.10. The summed E-state index contributed by atoms with van der Waals surface area (Å²) in [5, 5.41) is 2.72. The summed E-state index contributed by atoms with van der Waals surface area (Å²) in [5.74, 6) is -0.422. The highest BCUT2D eigenvalue weighted by molar-refractivity contribution is 7.91. The molecule has 20 heavy (non-hydrogen) atoms. The Morgan fingerprint density at radius 1 is 1.30 bits per heavy atom. The average molecular weight is 297 g/mol. The minimum Gasteiger partial charge on any atom is -0.376 e. The molecule has 1 saturated heterocycles. The summed E-state index contributed by atoms with van der Waals surface area (Å²) >= 11 is 0. The van der Waals surface area contributed by atoms with Crippen molar-refractivity contribution in [2.45, 2.75) is 30.3 Å². The van der Waals surface area contributed by atoms with Crippen molar-refractivity contribution in [1.29, 1.82) is 0 Å². The summed E-state index contributed by atoms with van der Waals surface area (Å²) in [6.45, 7) is 1.20. The van der Waals surface area contributed by atoms with Gasteiger partial charge in [-0.15, -0.1) is 0 Å². The highest BCUT2D eigenvalue weighted by Gasteiger charge is 2.18. The SMILES string of the molecule is O=C(CCS(=O)(=O)c1ccccc1)NC[C@H]1CCCO1. The van der Waals surface area contributed by atoms with Crippen LogP contribution in [-0.4, -0.2) is 39.3 Å². The molecular weight excluding hydrogens is 278 g/mol. The fourth-order valence-corrected chi connectivity index (χ4v) is 3.36. The number of hydrogen-bond acceptors (Lipinski definition) is 4. The van der Waals surface area contributed by atoms with E-state index in [1.54, 1.807) is 30.3 Å². The Morgan fingerprint density at radius 2 is 2.05 bits per heavy atom. The molecule has 1 aliphatic heterocycles. The van der Waals surface area contributed by atoms with Crippen molar-refractivity contribution in [3.63, 3.8) is 0 Å². The van der Waals surface area contributed by atoms with Gasteiger partial charge in [-0.05, 0) is 25.0 Å². The molecule has 1 heterocycles. The van der Waals surface area contributed by atoms with Crippen LogP contribution in [0, 0.1) is 0 Å². The van der Waals surface area contributed by atoms with Crippen molar-refractivity contribution in [3.8, 4) is 0 Å². The molecule has 1 amide bonds. The van der Waals surface area contributed by atoms with Gasteiger partial charge in [0, 0.05) is 19.6 Å². The molecule has 1 atom stereocenters. The zero-order valence-electron chi connectivity index (χ0n) is 11.2. The van der Waals surface area contributed by atoms with Gasteiger partial charge >= 0.3 is 0 Å². The molecule has 1 aromatic rings. The lowest BCUT2D eigenvalue weighted by molar-refractivity contribution is -0.121. The predicted molar refractivity (Wildman–Crippen MR) is 75.1 cm³/mol. The monoisotopic (exact) mass is 297 g/mol. The maximum absolute atomic E-state index is 12.0. The number of benzene rings is 1. The van der Waals surface area contributed by atoms with Gasteiger partial charge in [0.1, 0.15) is 0 Å². The van der Waals surface area contributed by atoms with Crippen LogP contribution in [0.15, 0.2) is 35.2 Å². The molecule has 5 nitrogen and oxygen atoms in total. The predicted octanol–water partition coefficient (Wildman–Crippen LogP) is 1.15. The van der Waals surface area contributed by atoms with Gasteiger partial charge in [0.2, 0.25) is 5.91 Å². The second-order valence-corrected chi connectivity index (χ2v) is 6.93. The second-order valence-electron chi connectivity index (χ2n) is 4.82. The Morgan fingerprint density at radius 3 is 2.70 bits per heavy atom. The fraction of sp³-hybridized carbons (Fsp3) is 0.500. The van der Waals surface area contributed by atoms with E-state index in [-0.39, 0.29) is 29.1 Å². The topological polar surface area (TPSA) is 72.5 Å². The maximum atomic E-state index is 12.0. The number of carbonyl (C=O) groups is 1. The van der Waals surface area contributed by atoms with Crippen LogP contribution >= 0.6 is 0 Å². The third-order valence-corrected chi connectivity index (χ3v) is 4.98. The Kier molecular flexibility index (Phi) is 5.14. The standard InChI is InChI=1S/C14H19NO4S/c16-14(15-11-12-5-4-9-19-12)8-10-20(17,18)13-6-2-1-3-7-13/h1-3,6-7,12H,4-5,8-11H2,(H,15,16)/t12-/m1/s1. The molecule has 1 fully saturated rings. The molecule has 1 N–H and O–H groups in total. The zero-order chi connectivity index (χ0) is 14.4. The van der Waals surface area contributed by atoms with Crippen molar-refractivity contribution < 1.29 is 17.9 Å². The molecule has 2 rings (SSSR count). The first-order valence-corrected chi connectivity index (χ1v) is 8.39. The normalized spacial score (nSPS) is 18.9. The molecular formula is C14H19NO4S. The first-order chi connectivity index (χ1) is 9.58. The Balaban J connectivity index is 1.77. The minimum atomic E-state index is -3.38. The largest absolute Gasteiger partial charge is 0.376 e. The van der Waals surface area contributed by atoms with Crippen LogP contribution in [0.1, 0.15) is 19.3 Å². The molecule has 1 aliphatic rings. The van der Waals surface area contributed by atoms with E-state index in [4.69, 9.17) is 4.74 Å². The number of sulfone groups is 1. The van der Waals surface area contributed by atoms with Gasteiger partial charge in [0.15, 0.2) is 9.84 Å². The fourth-order valence-electron chi connectivity index (χ4n) is 2.09. The van der Waals surface area contributed by atoms with Crippen LogP contribution in [0.4, 0.5) is 0 Å². The lowest BCUT2D eigenvalue weighted by atomic mass is 10.2. The average Bonchev–Trinajstić information content (AvgIpc) is 2.97. The number of carbonyl (C=O) groups excluding carboxylic acids is 1. The lowest BCUT2D eigenvalue weighted by Crippen LogP contribution is -2.32. The van der Waals surface area contributed by atoms with E-state index in [2.05, 4.69) is 5.32 Å². The van der Waals surface area contributed by atoms with Gasteiger partial charge in [-0.2, -0.15) is 0 Å². The first kappa shape index (κ1) is 15.0. The van der Waals surface area contributed by atoms with Crippen molar-refractivity contribution in [1.82, 2.24) is 5.32 Å². The number of ether oxygens (including phenoxy) is 1. The first-order valence-electron chi connectivity index (χ1n) is 6.74. The number of rotatable bonds is 6. The molecule has 0 spiro atoms. The Labute approximate surface area is 119 Å². The van der Waals surface area contributed by atoms with E-state index in [1.807, 2.05) is 0 Å². The van der Waals surface area contributed by atoms with Crippen LogP contribution in [0.3, 0.4) is 0 Å². The van der Waals surface area contributed by atoms with E-state index in [1.165, 1.54) is 0 Å². The summed E-state index contributed by atoms with van der Waals surface area (Å²) in [5.41, 5.74) is 0. The van der Waals surface area contributed by atoms with Gasteiger partial charge in [-0.3, -0.25) is 4.79 Å². The van der Waals surface area contributed by atoms with Gasteiger partial charge < -0.3 is 10.1 Å². The van der Waals surface area contributed by atoms with Crippen LogP contribution in [0.2, 0.25) is 0 Å². The molecule has 0 aromatic heterocycles. The highest BCUT2D eigenvalue weighted by atomic mass is 32.2. The van der Waals surface area contributed by atoms with Crippen molar-refractivity contribution in [3.05, 3.63) is 30.3 Å². The van der Waals surface area contributed by atoms with Crippen LogP contribution in [0.5, 0.6) is 0 Å². The number of amides is 1. The number of hydrogen-bond donors (Lipinski definition) is 1.